The number of nitrogens with one attached hydrogen (secondary N) is 1. The number of amides is 1. The van der Waals surface area contributed by atoms with Crippen LogP contribution >= 0.6 is 0 Å². The molecule has 0 atom stereocenters. The number of rotatable bonds is 3. The Kier molecular flexibility index (Phi) is 3.44. The summed E-state index contributed by atoms with van der Waals surface area (Å²) in [6.45, 7) is 3.81. The number of nitrogens with zero attached hydrogens (tertiary/aromatic N) is 1. The molecule has 1 aromatic heterocycles. The number of benzene rings is 2. The molecule has 0 unspecified atom stereocenters. The lowest BCUT2D eigenvalue weighted by Crippen LogP contribution is -2.14. The van der Waals surface area contributed by atoms with E-state index < -0.39 is 0 Å². The van der Waals surface area contributed by atoms with Crippen molar-refractivity contribution in [1.29, 1.82) is 0 Å². The summed E-state index contributed by atoms with van der Waals surface area (Å²) in [5, 5.41) is 2.90. The maximum atomic E-state index is 12.1. The molecule has 4 nitrogen and oxygen atoms in total. The highest BCUT2D eigenvalue weighted by Crippen LogP contribution is 2.17. The first-order valence-electron chi connectivity index (χ1n) is 6.83. The van der Waals surface area contributed by atoms with Crippen LogP contribution < -0.4 is 5.32 Å². The zero-order valence-corrected chi connectivity index (χ0v) is 12.0. The molecule has 0 bridgehead atoms. The Morgan fingerprint density at radius 3 is 2.86 bits per heavy atom. The van der Waals surface area contributed by atoms with Gasteiger partial charge in [0.05, 0.1) is 6.42 Å². The molecule has 2 aromatic carbocycles. The van der Waals surface area contributed by atoms with E-state index in [9.17, 15) is 4.79 Å². The average molecular weight is 280 g/mol. The van der Waals surface area contributed by atoms with Gasteiger partial charge in [-0.2, -0.15) is 0 Å². The van der Waals surface area contributed by atoms with Crippen LogP contribution in [0.25, 0.3) is 11.1 Å². The predicted octanol–water partition coefficient (Wildman–Crippen LogP) is 3.63. The van der Waals surface area contributed by atoms with Crippen molar-refractivity contribution in [3.05, 3.63) is 59.5 Å². The predicted molar refractivity (Wildman–Crippen MR) is 82.3 cm³/mol. The standard InChI is InChI=1S/C17H16N2O2/c1-11-4-3-5-14(8-11)19-17(20)10-13-6-7-15-16(9-13)21-12(2)18-15/h3-9H,10H2,1-2H3,(H,19,20). The van der Waals surface area contributed by atoms with Gasteiger partial charge < -0.3 is 9.73 Å². The first kappa shape index (κ1) is 13.4. The fraction of sp³-hybridized carbons (Fsp3) is 0.176. The number of carbonyl (C=O) groups excluding carboxylic acids is 1. The van der Waals surface area contributed by atoms with E-state index in [2.05, 4.69) is 10.3 Å². The second-order valence-electron chi connectivity index (χ2n) is 5.13. The third-order valence-corrected chi connectivity index (χ3v) is 3.23. The number of aromatic nitrogens is 1. The summed E-state index contributed by atoms with van der Waals surface area (Å²) >= 11 is 0. The van der Waals surface area contributed by atoms with E-state index >= 15 is 0 Å². The third-order valence-electron chi connectivity index (χ3n) is 3.23. The average Bonchev–Trinajstić information content (AvgIpc) is 2.78. The highest BCUT2D eigenvalue weighted by atomic mass is 16.3. The van der Waals surface area contributed by atoms with Crippen molar-refractivity contribution < 1.29 is 9.21 Å². The Morgan fingerprint density at radius 2 is 2.05 bits per heavy atom. The number of fused-ring (bicyclic) bond motifs is 1. The first-order valence-corrected chi connectivity index (χ1v) is 6.83. The van der Waals surface area contributed by atoms with Crippen LogP contribution in [0.5, 0.6) is 0 Å². The van der Waals surface area contributed by atoms with Gasteiger partial charge in [-0.1, -0.05) is 18.2 Å². The summed E-state index contributed by atoms with van der Waals surface area (Å²) in [4.78, 5) is 16.3. The quantitative estimate of drug-likeness (QED) is 0.797. The van der Waals surface area contributed by atoms with Gasteiger partial charge in [-0.25, -0.2) is 4.98 Å². The van der Waals surface area contributed by atoms with E-state index in [0.717, 1.165) is 22.3 Å². The van der Waals surface area contributed by atoms with Crippen LogP contribution in [0.2, 0.25) is 0 Å². The van der Waals surface area contributed by atoms with E-state index in [0.29, 0.717) is 17.9 Å². The van der Waals surface area contributed by atoms with Gasteiger partial charge in [-0.3, -0.25) is 4.79 Å². The van der Waals surface area contributed by atoms with Crippen LogP contribution in [-0.2, 0) is 11.2 Å². The van der Waals surface area contributed by atoms with E-state index in [-0.39, 0.29) is 5.91 Å². The Bertz CT molecular complexity index is 805. The van der Waals surface area contributed by atoms with Crippen molar-refractivity contribution in [1.82, 2.24) is 4.98 Å². The maximum absolute atomic E-state index is 12.1. The molecule has 0 aliphatic carbocycles. The number of oxazole rings is 1. The van der Waals surface area contributed by atoms with Crippen molar-refractivity contribution >= 4 is 22.7 Å². The van der Waals surface area contributed by atoms with Crippen LogP contribution in [0.3, 0.4) is 0 Å². The van der Waals surface area contributed by atoms with Gasteiger partial charge in [0.2, 0.25) is 5.91 Å². The molecule has 21 heavy (non-hydrogen) atoms. The molecular weight excluding hydrogens is 264 g/mol. The van der Waals surface area contributed by atoms with Crippen molar-refractivity contribution in [2.75, 3.05) is 5.32 Å². The largest absolute Gasteiger partial charge is 0.441 e. The van der Waals surface area contributed by atoms with E-state index in [1.807, 2.05) is 56.3 Å². The second-order valence-corrected chi connectivity index (χ2v) is 5.13. The minimum Gasteiger partial charge on any atom is -0.441 e. The van der Waals surface area contributed by atoms with Gasteiger partial charge in [-0.05, 0) is 42.3 Å². The molecule has 3 aromatic rings. The molecule has 4 heteroatoms. The molecule has 0 radical (unpaired) electrons. The summed E-state index contributed by atoms with van der Waals surface area (Å²) in [6.07, 6.45) is 0.309. The molecule has 3 rings (SSSR count). The summed E-state index contributed by atoms with van der Waals surface area (Å²) in [6, 6.07) is 13.4. The normalized spacial score (nSPS) is 10.8. The molecule has 0 spiro atoms. The lowest BCUT2D eigenvalue weighted by molar-refractivity contribution is -0.115. The Morgan fingerprint density at radius 1 is 1.19 bits per heavy atom. The summed E-state index contributed by atoms with van der Waals surface area (Å²) < 4.78 is 5.48. The van der Waals surface area contributed by atoms with Crippen molar-refractivity contribution in [2.45, 2.75) is 20.3 Å². The first-order chi connectivity index (χ1) is 10.1. The number of carbonyl (C=O) groups is 1. The van der Waals surface area contributed by atoms with Gasteiger partial charge in [0.15, 0.2) is 11.5 Å². The van der Waals surface area contributed by atoms with Gasteiger partial charge in [-0.15, -0.1) is 0 Å². The van der Waals surface area contributed by atoms with Crippen LogP contribution in [0.4, 0.5) is 5.69 Å². The van der Waals surface area contributed by atoms with Gasteiger partial charge in [0.25, 0.3) is 0 Å². The number of hydrogen-bond acceptors (Lipinski definition) is 3. The number of anilines is 1. The van der Waals surface area contributed by atoms with Gasteiger partial charge >= 0.3 is 0 Å². The van der Waals surface area contributed by atoms with E-state index in [1.54, 1.807) is 0 Å². The maximum Gasteiger partial charge on any atom is 0.228 e. The molecule has 0 saturated carbocycles. The van der Waals surface area contributed by atoms with Crippen molar-refractivity contribution in [3.63, 3.8) is 0 Å². The number of hydrogen-bond donors (Lipinski definition) is 1. The molecule has 1 heterocycles. The van der Waals surface area contributed by atoms with Crippen molar-refractivity contribution in [2.24, 2.45) is 0 Å². The Hall–Kier alpha value is -2.62. The van der Waals surface area contributed by atoms with E-state index in [1.165, 1.54) is 0 Å². The summed E-state index contributed by atoms with van der Waals surface area (Å²) in [5.41, 5.74) is 4.37. The molecule has 106 valence electrons. The molecular formula is C17H16N2O2. The minimum absolute atomic E-state index is 0.0452. The Balaban J connectivity index is 1.73. The molecule has 0 aliphatic rings. The zero-order chi connectivity index (χ0) is 14.8. The third kappa shape index (κ3) is 3.11. The van der Waals surface area contributed by atoms with Gasteiger partial charge in [0, 0.05) is 12.6 Å². The molecule has 0 saturated heterocycles. The topological polar surface area (TPSA) is 55.1 Å². The SMILES string of the molecule is Cc1cccc(NC(=O)Cc2ccc3nc(C)oc3c2)c1. The highest BCUT2D eigenvalue weighted by Gasteiger charge is 2.07. The van der Waals surface area contributed by atoms with Crippen LogP contribution in [0, 0.1) is 13.8 Å². The highest BCUT2D eigenvalue weighted by molar-refractivity contribution is 5.92. The fourth-order valence-corrected chi connectivity index (χ4v) is 2.31. The Labute approximate surface area is 122 Å². The van der Waals surface area contributed by atoms with Crippen LogP contribution in [0.15, 0.2) is 46.9 Å². The van der Waals surface area contributed by atoms with E-state index in [4.69, 9.17) is 4.42 Å². The number of aryl methyl sites for hydroxylation is 2. The van der Waals surface area contributed by atoms with Gasteiger partial charge in [0.1, 0.15) is 5.52 Å². The lowest BCUT2D eigenvalue weighted by Gasteiger charge is -2.06. The van der Waals surface area contributed by atoms with Crippen LogP contribution in [0.1, 0.15) is 17.0 Å². The smallest absolute Gasteiger partial charge is 0.228 e. The minimum atomic E-state index is -0.0452. The molecule has 1 amide bonds. The zero-order valence-electron chi connectivity index (χ0n) is 12.0. The molecule has 0 aliphatic heterocycles. The summed E-state index contributed by atoms with van der Waals surface area (Å²) in [7, 11) is 0. The molecule has 0 fully saturated rings. The molecule has 1 N–H and O–H groups in total. The second kappa shape index (κ2) is 5.40. The fourth-order valence-electron chi connectivity index (χ4n) is 2.31. The lowest BCUT2D eigenvalue weighted by atomic mass is 10.1. The monoisotopic (exact) mass is 280 g/mol. The van der Waals surface area contributed by atoms with Crippen LogP contribution in [-0.4, -0.2) is 10.9 Å². The van der Waals surface area contributed by atoms with Crippen molar-refractivity contribution in [3.8, 4) is 0 Å². The summed E-state index contributed by atoms with van der Waals surface area (Å²) in [5.74, 6) is 0.586.